The molecule has 2 amide bonds. The summed E-state index contributed by atoms with van der Waals surface area (Å²) in [6, 6.07) is 6.63. The molecule has 0 radical (unpaired) electrons. The van der Waals surface area contributed by atoms with Gasteiger partial charge in [0, 0.05) is 49.4 Å². The Morgan fingerprint density at radius 2 is 1.62 bits per heavy atom. The first-order valence-electron chi connectivity index (χ1n) is 12.6. The Balaban J connectivity index is 1.45. The number of methoxy groups -OCH3 is 3. The molecular weight excluding hydrogens is 547 g/mol. The fraction of sp³-hybridized carbons (Fsp3) is 0.407. The van der Waals surface area contributed by atoms with E-state index in [1.54, 1.807) is 17.5 Å². The summed E-state index contributed by atoms with van der Waals surface area (Å²) < 4.78 is 57.8. The first-order valence-corrected chi connectivity index (χ1v) is 13.5. The fourth-order valence-corrected chi connectivity index (χ4v) is 5.23. The zero-order valence-corrected chi connectivity index (χ0v) is 23.5. The lowest BCUT2D eigenvalue weighted by Crippen LogP contribution is -2.45. The van der Waals surface area contributed by atoms with Crippen LogP contribution in [0.2, 0.25) is 0 Å². The number of aromatic nitrogens is 1. The number of alkyl halides is 3. The Morgan fingerprint density at radius 3 is 2.20 bits per heavy atom. The number of hydrogen-bond acceptors (Lipinski definition) is 8. The number of nitrogens with one attached hydrogen (secondary N) is 2. The smallest absolute Gasteiger partial charge is 0.416 e. The topological polar surface area (TPSA) is 88.2 Å². The molecule has 2 aromatic carbocycles. The normalized spacial score (nSPS) is 14.6. The quantitative estimate of drug-likeness (QED) is 0.340. The Labute approximate surface area is 234 Å². The molecule has 0 aliphatic carbocycles. The van der Waals surface area contributed by atoms with Crippen molar-refractivity contribution in [3.05, 3.63) is 46.8 Å². The van der Waals surface area contributed by atoms with Crippen molar-refractivity contribution in [2.75, 3.05) is 64.7 Å². The lowest BCUT2D eigenvalue weighted by atomic mass is 10.0. The molecule has 40 heavy (non-hydrogen) atoms. The number of thiazole rings is 1. The van der Waals surface area contributed by atoms with Crippen LogP contribution in [0, 0.1) is 0 Å². The average molecular weight is 580 g/mol. The van der Waals surface area contributed by atoms with Gasteiger partial charge in [0.1, 0.15) is 0 Å². The minimum Gasteiger partial charge on any atom is -0.493 e. The molecule has 13 heteroatoms. The van der Waals surface area contributed by atoms with Gasteiger partial charge >= 0.3 is 12.2 Å². The van der Waals surface area contributed by atoms with Crippen LogP contribution >= 0.6 is 11.3 Å². The number of halogens is 3. The molecule has 0 saturated carbocycles. The number of carbonyl (C=O) groups is 1. The third-order valence-electron chi connectivity index (χ3n) is 6.66. The van der Waals surface area contributed by atoms with E-state index in [0.717, 1.165) is 25.7 Å². The van der Waals surface area contributed by atoms with E-state index in [0.29, 0.717) is 41.6 Å². The number of likely N-dealkylation sites (N-methyl/N-ethyl adjacent to an activating group) is 1. The summed E-state index contributed by atoms with van der Waals surface area (Å²) in [5, 5.41) is 7.07. The standard InChI is InChI=1S/C27H32F3N5O4S/c1-5-34-8-10-35(11-9-34)15-17-6-7-19(14-20(17)27(28,29)30)31-25(36)33-26-32-21(16-40-26)18-12-22(37-2)24(39-4)23(13-18)38-3/h6-7,12-14,16H,5,8-11,15H2,1-4H3,(H2,31,32,33,36). The van der Waals surface area contributed by atoms with E-state index >= 15 is 0 Å². The van der Waals surface area contributed by atoms with Crippen molar-refractivity contribution in [3.8, 4) is 28.5 Å². The minimum absolute atomic E-state index is 0.0331. The van der Waals surface area contributed by atoms with Crippen LogP contribution in [0.3, 0.4) is 0 Å². The lowest BCUT2D eigenvalue weighted by molar-refractivity contribution is -0.138. The van der Waals surface area contributed by atoms with Crippen LogP contribution in [-0.2, 0) is 12.7 Å². The molecule has 3 aromatic rings. The first-order chi connectivity index (χ1) is 19.1. The van der Waals surface area contributed by atoms with Gasteiger partial charge in [-0.2, -0.15) is 13.2 Å². The molecule has 0 atom stereocenters. The maximum absolute atomic E-state index is 13.9. The van der Waals surface area contributed by atoms with Gasteiger partial charge in [0.15, 0.2) is 16.6 Å². The highest BCUT2D eigenvalue weighted by molar-refractivity contribution is 7.14. The molecule has 1 aliphatic rings. The number of anilines is 2. The number of amides is 2. The number of piperazine rings is 1. The second kappa shape index (κ2) is 12.7. The molecule has 1 saturated heterocycles. The number of rotatable bonds is 9. The zero-order valence-electron chi connectivity index (χ0n) is 22.7. The van der Waals surface area contributed by atoms with Crippen LogP contribution in [0.1, 0.15) is 18.1 Å². The Hall–Kier alpha value is -3.55. The highest BCUT2D eigenvalue weighted by atomic mass is 32.1. The lowest BCUT2D eigenvalue weighted by Gasteiger charge is -2.34. The summed E-state index contributed by atoms with van der Waals surface area (Å²) >= 11 is 1.17. The molecule has 2 N–H and O–H groups in total. The Bertz CT molecular complexity index is 1300. The van der Waals surface area contributed by atoms with Crippen LogP contribution in [0.25, 0.3) is 11.3 Å². The minimum atomic E-state index is -4.56. The number of hydrogen-bond donors (Lipinski definition) is 2. The molecule has 9 nitrogen and oxygen atoms in total. The van der Waals surface area contributed by atoms with Crippen molar-refractivity contribution in [3.63, 3.8) is 0 Å². The molecule has 4 rings (SSSR count). The van der Waals surface area contributed by atoms with E-state index < -0.39 is 17.8 Å². The summed E-state index contributed by atoms with van der Waals surface area (Å²) in [6.07, 6.45) is -4.56. The number of ether oxygens (including phenoxy) is 3. The number of urea groups is 1. The van der Waals surface area contributed by atoms with E-state index in [9.17, 15) is 18.0 Å². The predicted molar refractivity (Wildman–Crippen MR) is 149 cm³/mol. The maximum atomic E-state index is 13.9. The number of carbonyl (C=O) groups excluding carboxylic acids is 1. The highest BCUT2D eigenvalue weighted by Crippen LogP contribution is 2.41. The summed E-state index contributed by atoms with van der Waals surface area (Å²) in [7, 11) is 4.51. The average Bonchev–Trinajstić information content (AvgIpc) is 3.41. The molecule has 0 unspecified atom stereocenters. The van der Waals surface area contributed by atoms with Crippen LogP contribution in [0.4, 0.5) is 28.8 Å². The highest BCUT2D eigenvalue weighted by Gasteiger charge is 2.34. The van der Waals surface area contributed by atoms with Gasteiger partial charge in [-0.05, 0) is 36.4 Å². The predicted octanol–water partition coefficient (Wildman–Crippen LogP) is 5.64. The van der Waals surface area contributed by atoms with E-state index in [1.165, 1.54) is 44.8 Å². The molecular formula is C27H32F3N5O4S. The Morgan fingerprint density at radius 1 is 0.975 bits per heavy atom. The molecule has 1 fully saturated rings. The van der Waals surface area contributed by atoms with Gasteiger partial charge in [-0.15, -0.1) is 11.3 Å². The monoisotopic (exact) mass is 579 g/mol. The summed E-state index contributed by atoms with van der Waals surface area (Å²) in [4.78, 5) is 21.3. The van der Waals surface area contributed by atoms with E-state index in [1.807, 2.05) is 4.90 Å². The summed E-state index contributed by atoms with van der Waals surface area (Å²) in [5.41, 5.74) is 0.662. The van der Waals surface area contributed by atoms with Crippen LogP contribution < -0.4 is 24.8 Å². The number of nitrogens with zero attached hydrogens (tertiary/aromatic N) is 3. The molecule has 2 heterocycles. The van der Waals surface area contributed by atoms with Gasteiger partial charge in [0.25, 0.3) is 0 Å². The SMILES string of the molecule is CCN1CCN(Cc2ccc(NC(=O)Nc3nc(-c4cc(OC)c(OC)c(OC)c4)cs3)cc2C(F)(F)F)CC1. The van der Waals surface area contributed by atoms with Crippen molar-refractivity contribution in [2.45, 2.75) is 19.6 Å². The van der Waals surface area contributed by atoms with E-state index in [-0.39, 0.29) is 22.9 Å². The Kier molecular flexibility index (Phi) is 9.38. The van der Waals surface area contributed by atoms with Crippen molar-refractivity contribution < 1.29 is 32.2 Å². The summed E-state index contributed by atoms with van der Waals surface area (Å²) in [5.74, 6) is 1.33. The van der Waals surface area contributed by atoms with Crippen molar-refractivity contribution in [2.24, 2.45) is 0 Å². The molecule has 0 spiro atoms. The van der Waals surface area contributed by atoms with Crippen molar-refractivity contribution in [1.82, 2.24) is 14.8 Å². The van der Waals surface area contributed by atoms with E-state index in [2.05, 4.69) is 27.4 Å². The van der Waals surface area contributed by atoms with Crippen LogP contribution in [0.15, 0.2) is 35.7 Å². The second-order valence-corrected chi connectivity index (χ2v) is 9.97. The van der Waals surface area contributed by atoms with Gasteiger partial charge in [-0.25, -0.2) is 9.78 Å². The first kappa shape index (κ1) is 29.4. The van der Waals surface area contributed by atoms with E-state index in [4.69, 9.17) is 14.2 Å². The van der Waals surface area contributed by atoms with Gasteiger partial charge in [-0.1, -0.05) is 13.0 Å². The fourth-order valence-electron chi connectivity index (χ4n) is 4.51. The molecule has 216 valence electrons. The molecule has 1 aromatic heterocycles. The van der Waals surface area contributed by atoms with Gasteiger partial charge in [0.2, 0.25) is 5.75 Å². The van der Waals surface area contributed by atoms with Gasteiger partial charge < -0.3 is 24.4 Å². The molecule has 0 bridgehead atoms. The third-order valence-corrected chi connectivity index (χ3v) is 7.42. The van der Waals surface area contributed by atoms with Gasteiger partial charge in [-0.3, -0.25) is 10.2 Å². The van der Waals surface area contributed by atoms with Gasteiger partial charge in [0.05, 0.1) is 32.6 Å². The van der Waals surface area contributed by atoms with Crippen LogP contribution in [0.5, 0.6) is 17.2 Å². The molecule has 1 aliphatic heterocycles. The second-order valence-electron chi connectivity index (χ2n) is 9.11. The maximum Gasteiger partial charge on any atom is 0.416 e. The zero-order chi connectivity index (χ0) is 28.9. The largest absolute Gasteiger partial charge is 0.493 e. The number of benzene rings is 2. The summed E-state index contributed by atoms with van der Waals surface area (Å²) in [6.45, 7) is 6.27. The third kappa shape index (κ3) is 6.95. The van der Waals surface area contributed by atoms with Crippen molar-refractivity contribution >= 4 is 28.2 Å². The van der Waals surface area contributed by atoms with Crippen LogP contribution in [-0.4, -0.2) is 74.9 Å². The van der Waals surface area contributed by atoms with Crippen molar-refractivity contribution in [1.29, 1.82) is 0 Å².